The molecule has 0 aromatic heterocycles. The Morgan fingerprint density at radius 3 is 3.07 bits per heavy atom. The average Bonchev–Trinajstić information content (AvgIpc) is 2.22. The molecule has 1 aromatic carbocycles. The molecule has 0 saturated heterocycles. The third-order valence-corrected chi connectivity index (χ3v) is 2.40. The van der Waals surface area contributed by atoms with Crippen LogP contribution in [0.25, 0.3) is 0 Å². The minimum absolute atomic E-state index is 0.0760. The van der Waals surface area contributed by atoms with E-state index in [9.17, 15) is 4.39 Å². The van der Waals surface area contributed by atoms with Crippen LogP contribution in [0.4, 0.5) is 4.39 Å². The van der Waals surface area contributed by atoms with Gasteiger partial charge >= 0.3 is 0 Å². The van der Waals surface area contributed by atoms with Gasteiger partial charge in [-0.05, 0) is 31.0 Å². The first-order valence-corrected chi connectivity index (χ1v) is 4.95. The first-order chi connectivity index (χ1) is 7.18. The second kappa shape index (κ2) is 4.16. The highest BCUT2D eigenvalue weighted by molar-refractivity contribution is 5.41. The molecule has 0 spiro atoms. The molecule has 1 heterocycles. The first-order valence-electron chi connectivity index (χ1n) is 4.95. The lowest BCUT2D eigenvalue weighted by Crippen LogP contribution is -2.21. The number of benzene rings is 1. The molecule has 4 heteroatoms. The highest BCUT2D eigenvalue weighted by Gasteiger charge is 2.18. The summed E-state index contributed by atoms with van der Waals surface area (Å²) in [6.07, 6.45) is 0.502. The maximum atomic E-state index is 13.6. The van der Waals surface area contributed by atoms with Crippen molar-refractivity contribution in [3.05, 3.63) is 29.1 Å². The maximum absolute atomic E-state index is 13.6. The monoisotopic (exact) mass is 211 g/mol. The van der Waals surface area contributed by atoms with Gasteiger partial charge in [0.25, 0.3) is 0 Å². The van der Waals surface area contributed by atoms with Crippen LogP contribution < -0.4 is 10.5 Å². The molecule has 0 radical (unpaired) electrons. The average molecular weight is 211 g/mol. The molecule has 0 fully saturated rings. The molecule has 0 saturated carbocycles. The molecule has 0 bridgehead atoms. The Labute approximate surface area is 88.0 Å². The van der Waals surface area contributed by atoms with Crippen molar-refractivity contribution in [2.24, 2.45) is 5.73 Å². The quantitative estimate of drug-likeness (QED) is 0.807. The van der Waals surface area contributed by atoms with Crippen LogP contribution >= 0.6 is 0 Å². The van der Waals surface area contributed by atoms with Gasteiger partial charge in [0.2, 0.25) is 0 Å². The first kappa shape index (κ1) is 10.4. The summed E-state index contributed by atoms with van der Waals surface area (Å²) in [5.41, 5.74) is 7.08. The van der Waals surface area contributed by atoms with Crippen LogP contribution in [0.5, 0.6) is 5.75 Å². The van der Waals surface area contributed by atoms with E-state index >= 15 is 0 Å². The van der Waals surface area contributed by atoms with Gasteiger partial charge in [-0.2, -0.15) is 0 Å². The van der Waals surface area contributed by atoms with Gasteiger partial charge in [0, 0.05) is 11.6 Å². The Bertz CT molecular complexity index is 366. The zero-order valence-electron chi connectivity index (χ0n) is 8.63. The summed E-state index contributed by atoms with van der Waals surface area (Å²) < 4.78 is 24.0. The molecule has 82 valence electrons. The van der Waals surface area contributed by atoms with Crippen LogP contribution in [0, 0.1) is 5.82 Å². The molecule has 2 N–H and O–H groups in total. The van der Waals surface area contributed by atoms with Gasteiger partial charge in [0.15, 0.2) is 6.79 Å². The SMILES string of the molecule is CC(N)Cc1c(F)ccc2c1COCO2. The lowest BCUT2D eigenvalue weighted by molar-refractivity contribution is -0.0171. The second-order valence-corrected chi connectivity index (χ2v) is 3.79. The van der Waals surface area contributed by atoms with Gasteiger partial charge in [0.05, 0.1) is 6.61 Å². The highest BCUT2D eigenvalue weighted by Crippen LogP contribution is 2.29. The van der Waals surface area contributed by atoms with E-state index in [1.54, 1.807) is 6.07 Å². The van der Waals surface area contributed by atoms with Crippen molar-refractivity contribution < 1.29 is 13.9 Å². The maximum Gasteiger partial charge on any atom is 0.189 e. The molecule has 0 amide bonds. The van der Waals surface area contributed by atoms with E-state index in [0.29, 0.717) is 24.3 Å². The summed E-state index contributed by atoms with van der Waals surface area (Å²) in [5, 5.41) is 0. The van der Waals surface area contributed by atoms with Gasteiger partial charge in [-0.3, -0.25) is 0 Å². The molecular formula is C11H14FNO2. The van der Waals surface area contributed by atoms with Crippen molar-refractivity contribution in [1.29, 1.82) is 0 Å². The van der Waals surface area contributed by atoms with Crippen molar-refractivity contribution in [2.75, 3.05) is 6.79 Å². The molecule has 1 aliphatic heterocycles. The summed E-state index contributed by atoms with van der Waals surface area (Å²) in [5.74, 6) is 0.471. The molecule has 1 aromatic rings. The topological polar surface area (TPSA) is 44.5 Å². The largest absolute Gasteiger partial charge is 0.467 e. The van der Waals surface area contributed by atoms with Crippen molar-refractivity contribution in [3.63, 3.8) is 0 Å². The fraction of sp³-hybridized carbons (Fsp3) is 0.455. The highest BCUT2D eigenvalue weighted by atomic mass is 19.1. The van der Waals surface area contributed by atoms with Crippen LogP contribution in [-0.2, 0) is 17.8 Å². The minimum Gasteiger partial charge on any atom is -0.467 e. The summed E-state index contributed by atoms with van der Waals surface area (Å²) in [6.45, 7) is 2.48. The van der Waals surface area contributed by atoms with E-state index in [0.717, 1.165) is 5.56 Å². The van der Waals surface area contributed by atoms with E-state index in [2.05, 4.69) is 0 Å². The van der Waals surface area contributed by atoms with E-state index in [4.69, 9.17) is 15.2 Å². The zero-order valence-corrected chi connectivity index (χ0v) is 8.63. The predicted octanol–water partition coefficient (Wildman–Crippen LogP) is 1.58. The lowest BCUT2D eigenvalue weighted by Gasteiger charge is -2.21. The predicted molar refractivity (Wildman–Crippen MR) is 54.0 cm³/mol. The van der Waals surface area contributed by atoms with Crippen molar-refractivity contribution >= 4 is 0 Å². The number of ether oxygens (including phenoxy) is 2. The number of fused-ring (bicyclic) bond motifs is 1. The Balaban J connectivity index is 2.41. The van der Waals surface area contributed by atoms with Gasteiger partial charge in [0.1, 0.15) is 11.6 Å². The fourth-order valence-electron chi connectivity index (χ4n) is 1.73. The van der Waals surface area contributed by atoms with Crippen molar-refractivity contribution in [2.45, 2.75) is 26.0 Å². The van der Waals surface area contributed by atoms with E-state index in [1.807, 2.05) is 6.92 Å². The zero-order chi connectivity index (χ0) is 10.8. The Morgan fingerprint density at radius 2 is 2.33 bits per heavy atom. The van der Waals surface area contributed by atoms with E-state index in [-0.39, 0.29) is 18.7 Å². The normalized spacial score (nSPS) is 16.7. The van der Waals surface area contributed by atoms with Crippen LogP contribution in [0.3, 0.4) is 0 Å². The molecular weight excluding hydrogens is 197 g/mol. The van der Waals surface area contributed by atoms with Crippen LogP contribution in [-0.4, -0.2) is 12.8 Å². The molecule has 0 aliphatic carbocycles. The van der Waals surface area contributed by atoms with E-state index < -0.39 is 0 Å². The Hall–Kier alpha value is -1.13. The summed E-state index contributed by atoms with van der Waals surface area (Å²) in [6, 6.07) is 2.98. The van der Waals surface area contributed by atoms with Gasteiger partial charge in [-0.25, -0.2) is 4.39 Å². The number of hydrogen-bond acceptors (Lipinski definition) is 3. The second-order valence-electron chi connectivity index (χ2n) is 3.79. The van der Waals surface area contributed by atoms with E-state index in [1.165, 1.54) is 6.07 Å². The molecule has 3 nitrogen and oxygen atoms in total. The number of halogens is 1. The summed E-state index contributed by atoms with van der Waals surface area (Å²) in [7, 11) is 0. The molecule has 2 rings (SSSR count). The van der Waals surface area contributed by atoms with Gasteiger partial charge < -0.3 is 15.2 Å². The summed E-state index contributed by atoms with van der Waals surface area (Å²) >= 11 is 0. The molecule has 15 heavy (non-hydrogen) atoms. The standard InChI is InChI=1S/C11H14FNO2/c1-7(13)4-8-9-5-14-6-15-11(9)3-2-10(8)12/h2-3,7H,4-6,13H2,1H3. The fourth-order valence-corrected chi connectivity index (χ4v) is 1.73. The minimum atomic E-state index is -0.236. The van der Waals surface area contributed by atoms with Crippen LogP contribution in [0.15, 0.2) is 12.1 Å². The Kier molecular flexibility index (Phi) is 2.88. The third-order valence-electron chi connectivity index (χ3n) is 2.40. The van der Waals surface area contributed by atoms with Gasteiger partial charge in [-0.15, -0.1) is 0 Å². The number of hydrogen-bond donors (Lipinski definition) is 1. The van der Waals surface area contributed by atoms with Crippen molar-refractivity contribution in [1.82, 2.24) is 0 Å². The van der Waals surface area contributed by atoms with Crippen molar-refractivity contribution in [3.8, 4) is 5.75 Å². The Morgan fingerprint density at radius 1 is 1.53 bits per heavy atom. The third kappa shape index (κ3) is 2.11. The lowest BCUT2D eigenvalue weighted by atomic mass is 10.00. The molecule has 1 aliphatic rings. The summed E-state index contributed by atoms with van der Waals surface area (Å²) in [4.78, 5) is 0. The molecule has 1 atom stereocenters. The van der Waals surface area contributed by atoms with Crippen LogP contribution in [0.2, 0.25) is 0 Å². The number of nitrogens with two attached hydrogens (primary N) is 1. The van der Waals surface area contributed by atoms with Crippen LogP contribution in [0.1, 0.15) is 18.1 Å². The molecule has 1 unspecified atom stereocenters. The number of rotatable bonds is 2. The van der Waals surface area contributed by atoms with Gasteiger partial charge in [-0.1, -0.05) is 0 Å². The smallest absolute Gasteiger partial charge is 0.189 e.